The molecular weight excluding hydrogens is 216 g/mol. The molecule has 0 aliphatic heterocycles. The number of aryl methyl sites for hydroxylation is 1. The molecule has 0 aliphatic carbocycles. The highest BCUT2D eigenvalue weighted by Crippen LogP contribution is 2.24. The normalized spacial score (nSPS) is 10.7. The van der Waals surface area contributed by atoms with Crippen molar-refractivity contribution < 1.29 is 9.53 Å². The Kier molecular flexibility index (Phi) is 3.04. The molecule has 4 nitrogen and oxygen atoms in total. The summed E-state index contributed by atoms with van der Waals surface area (Å²) in [6.07, 6.45) is 0.281. The number of esters is 1. The van der Waals surface area contributed by atoms with Crippen LogP contribution < -0.4 is 5.73 Å². The van der Waals surface area contributed by atoms with Gasteiger partial charge in [0.25, 0.3) is 0 Å². The minimum atomic E-state index is -0.209. The van der Waals surface area contributed by atoms with E-state index < -0.39 is 0 Å². The number of anilines is 1. The predicted molar refractivity (Wildman–Crippen MR) is 67.8 cm³/mol. The van der Waals surface area contributed by atoms with Crippen LogP contribution in [0.5, 0.6) is 0 Å². The van der Waals surface area contributed by atoms with E-state index in [1.54, 1.807) is 6.92 Å². The van der Waals surface area contributed by atoms with Crippen molar-refractivity contribution in [2.75, 3.05) is 12.3 Å². The molecule has 4 heteroatoms. The van der Waals surface area contributed by atoms with Crippen LogP contribution in [0, 0.1) is 6.92 Å². The van der Waals surface area contributed by atoms with Gasteiger partial charge in [-0.25, -0.2) is 0 Å². The van der Waals surface area contributed by atoms with Gasteiger partial charge in [0.05, 0.1) is 13.0 Å². The number of aromatic amines is 1. The molecule has 90 valence electrons. The molecular formula is C13H16N2O2. The zero-order valence-corrected chi connectivity index (χ0v) is 10.0. The lowest BCUT2D eigenvalue weighted by atomic mass is 10.1. The SMILES string of the molecule is CCOC(=O)Cc1c(C)[nH]c2ccc(N)cc12. The fraction of sp³-hybridized carbons (Fsp3) is 0.308. The van der Waals surface area contributed by atoms with Gasteiger partial charge < -0.3 is 15.5 Å². The number of fused-ring (bicyclic) bond motifs is 1. The maximum absolute atomic E-state index is 11.5. The molecule has 17 heavy (non-hydrogen) atoms. The van der Waals surface area contributed by atoms with E-state index in [0.29, 0.717) is 12.3 Å². The summed E-state index contributed by atoms with van der Waals surface area (Å²) < 4.78 is 4.97. The first-order valence-corrected chi connectivity index (χ1v) is 5.64. The van der Waals surface area contributed by atoms with Gasteiger partial charge >= 0.3 is 5.97 Å². The Bertz CT molecular complexity index is 558. The fourth-order valence-corrected chi connectivity index (χ4v) is 1.98. The highest BCUT2D eigenvalue weighted by atomic mass is 16.5. The van der Waals surface area contributed by atoms with Crippen molar-refractivity contribution in [2.45, 2.75) is 20.3 Å². The Morgan fingerprint density at radius 1 is 1.47 bits per heavy atom. The van der Waals surface area contributed by atoms with E-state index >= 15 is 0 Å². The fourth-order valence-electron chi connectivity index (χ4n) is 1.98. The van der Waals surface area contributed by atoms with Gasteiger partial charge in [-0.2, -0.15) is 0 Å². The average molecular weight is 232 g/mol. The first-order valence-electron chi connectivity index (χ1n) is 5.64. The van der Waals surface area contributed by atoms with Crippen LogP contribution in [0.15, 0.2) is 18.2 Å². The van der Waals surface area contributed by atoms with Crippen molar-refractivity contribution in [1.29, 1.82) is 0 Å². The van der Waals surface area contributed by atoms with Gasteiger partial charge in [0.1, 0.15) is 0 Å². The number of H-pyrrole nitrogens is 1. The smallest absolute Gasteiger partial charge is 0.310 e. The molecule has 0 amide bonds. The molecule has 1 aromatic heterocycles. The molecule has 0 saturated carbocycles. The number of hydrogen-bond donors (Lipinski definition) is 2. The summed E-state index contributed by atoms with van der Waals surface area (Å²) in [5.41, 5.74) is 9.40. The van der Waals surface area contributed by atoms with E-state index in [1.165, 1.54) is 0 Å². The van der Waals surface area contributed by atoms with Gasteiger partial charge in [-0.05, 0) is 37.6 Å². The first kappa shape index (κ1) is 11.5. The maximum atomic E-state index is 11.5. The van der Waals surface area contributed by atoms with Crippen molar-refractivity contribution in [3.05, 3.63) is 29.5 Å². The van der Waals surface area contributed by atoms with Gasteiger partial charge in [0.15, 0.2) is 0 Å². The number of carbonyl (C=O) groups is 1. The van der Waals surface area contributed by atoms with E-state index in [0.717, 1.165) is 22.2 Å². The summed E-state index contributed by atoms with van der Waals surface area (Å²) in [5, 5.41) is 0.996. The molecule has 2 aromatic rings. The molecule has 0 saturated heterocycles. The second-order valence-electron chi connectivity index (χ2n) is 4.02. The Labute approximate surface area is 99.8 Å². The van der Waals surface area contributed by atoms with Gasteiger partial charge in [-0.15, -0.1) is 0 Å². The molecule has 2 rings (SSSR count). The third-order valence-electron chi connectivity index (χ3n) is 2.77. The van der Waals surface area contributed by atoms with E-state index in [9.17, 15) is 4.79 Å². The molecule has 3 N–H and O–H groups in total. The predicted octanol–water partition coefficient (Wildman–Crippen LogP) is 2.16. The Balaban J connectivity index is 2.41. The second-order valence-corrected chi connectivity index (χ2v) is 4.02. The lowest BCUT2D eigenvalue weighted by Crippen LogP contribution is -2.07. The Morgan fingerprint density at radius 2 is 2.24 bits per heavy atom. The van der Waals surface area contributed by atoms with Crippen LogP contribution in [0.2, 0.25) is 0 Å². The number of ether oxygens (including phenoxy) is 1. The zero-order chi connectivity index (χ0) is 12.4. The molecule has 1 aromatic carbocycles. The molecule has 0 fully saturated rings. The van der Waals surface area contributed by atoms with E-state index in [4.69, 9.17) is 10.5 Å². The minimum Gasteiger partial charge on any atom is -0.466 e. The van der Waals surface area contributed by atoms with Crippen molar-refractivity contribution in [3.63, 3.8) is 0 Å². The van der Waals surface area contributed by atoms with E-state index in [2.05, 4.69) is 4.98 Å². The number of rotatable bonds is 3. The van der Waals surface area contributed by atoms with E-state index in [1.807, 2.05) is 25.1 Å². The van der Waals surface area contributed by atoms with E-state index in [-0.39, 0.29) is 12.4 Å². The molecule has 0 spiro atoms. The number of nitrogens with two attached hydrogens (primary N) is 1. The lowest BCUT2D eigenvalue weighted by molar-refractivity contribution is -0.142. The summed E-state index contributed by atoms with van der Waals surface area (Å²) in [6, 6.07) is 5.64. The maximum Gasteiger partial charge on any atom is 0.310 e. The molecule has 1 heterocycles. The number of nitrogens with one attached hydrogen (secondary N) is 1. The van der Waals surface area contributed by atoms with Crippen LogP contribution in [-0.2, 0) is 16.0 Å². The molecule has 0 unspecified atom stereocenters. The highest BCUT2D eigenvalue weighted by molar-refractivity contribution is 5.90. The van der Waals surface area contributed by atoms with Gasteiger partial charge in [-0.1, -0.05) is 0 Å². The monoisotopic (exact) mass is 232 g/mol. The van der Waals surface area contributed by atoms with Crippen LogP contribution >= 0.6 is 0 Å². The minimum absolute atomic E-state index is 0.209. The van der Waals surface area contributed by atoms with Crippen molar-refractivity contribution in [1.82, 2.24) is 4.98 Å². The number of carbonyl (C=O) groups excluding carboxylic acids is 1. The number of hydrogen-bond acceptors (Lipinski definition) is 3. The molecule has 0 atom stereocenters. The summed E-state index contributed by atoms with van der Waals surface area (Å²) in [5.74, 6) is -0.209. The largest absolute Gasteiger partial charge is 0.466 e. The van der Waals surface area contributed by atoms with Crippen LogP contribution in [0.1, 0.15) is 18.2 Å². The second kappa shape index (κ2) is 4.49. The Hall–Kier alpha value is -1.97. The third kappa shape index (κ3) is 2.25. The lowest BCUT2D eigenvalue weighted by Gasteiger charge is -2.02. The standard InChI is InChI=1S/C13H16N2O2/c1-3-17-13(16)7-10-8(2)15-12-5-4-9(14)6-11(10)12/h4-6,15H,3,7,14H2,1-2H3. The number of benzene rings is 1. The van der Waals surface area contributed by atoms with Crippen LogP contribution in [0.4, 0.5) is 5.69 Å². The number of aromatic nitrogens is 1. The average Bonchev–Trinajstić information content (AvgIpc) is 2.56. The summed E-state index contributed by atoms with van der Waals surface area (Å²) in [6.45, 7) is 4.16. The summed E-state index contributed by atoms with van der Waals surface area (Å²) in [4.78, 5) is 14.8. The van der Waals surface area contributed by atoms with Crippen LogP contribution in [0.3, 0.4) is 0 Å². The summed E-state index contributed by atoms with van der Waals surface area (Å²) in [7, 11) is 0. The Morgan fingerprint density at radius 3 is 2.94 bits per heavy atom. The van der Waals surface area contributed by atoms with Crippen molar-refractivity contribution in [3.8, 4) is 0 Å². The van der Waals surface area contributed by atoms with Crippen LogP contribution in [0.25, 0.3) is 10.9 Å². The molecule has 0 bridgehead atoms. The zero-order valence-electron chi connectivity index (χ0n) is 10.0. The van der Waals surface area contributed by atoms with Crippen LogP contribution in [-0.4, -0.2) is 17.6 Å². The van der Waals surface area contributed by atoms with Gasteiger partial charge in [0, 0.05) is 22.3 Å². The van der Waals surface area contributed by atoms with Gasteiger partial charge in [-0.3, -0.25) is 4.79 Å². The van der Waals surface area contributed by atoms with Gasteiger partial charge in [0.2, 0.25) is 0 Å². The first-order chi connectivity index (χ1) is 8.11. The molecule has 0 aliphatic rings. The van der Waals surface area contributed by atoms with Crippen molar-refractivity contribution in [2.24, 2.45) is 0 Å². The topological polar surface area (TPSA) is 68.1 Å². The number of nitrogen functional groups attached to an aromatic ring is 1. The van der Waals surface area contributed by atoms with Crippen molar-refractivity contribution >= 4 is 22.6 Å². The molecule has 0 radical (unpaired) electrons. The quantitative estimate of drug-likeness (QED) is 0.629. The third-order valence-corrected chi connectivity index (χ3v) is 2.77. The highest BCUT2D eigenvalue weighted by Gasteiger charge is 2.13. The summed E-state index contributed by atoms with van der Waals surface area (Å²) >= 11 is 0.